The molecule has 1 fully saturated rings. The SMILES string of the molecule is COc1cc(OC)cc(C(=O)N(CCN2CCOCC2)c2nc3c(C)c(C)ccc3s2)c1.Cl. The molecule has 3 aromatic rings. The van der Waals surface area contributed by atoms with E-state index in [0.717, 1.165) is 48.6 Å². The van der Waals surface area contributed by atoms with E-state index in [4.69, 9.17) is 19.2 Å². The summed E-state index contributed by atoms with van der Waals surface area (Å²) in [5.41, 5.74) is 3.81. The zero-order valence-electron chi connectivity index (χ0n) is 19.4. The summed E-state index contributed by atoms with van der Waals surface area (Å²) < 4.78 is 17.3. The lowest BCUT2D eigenvalue weighted by Gasteiger charge is -2.29. The number of aryl methyl sites for hydroxylation is 2. The third kappa shape index (κ3) is 5.58. The maximum absolute atomic E-state index is 13.7. The first-order chi connectivity index (χ1) is 15.5. The highest BCUT2D eigenvalue weighted by atomic mass is 35.5. The van der Waals surface area contributed by atoms with Gasteiger partial charge in [0.1, 0.15) is 11.5 Å². The highest BCUT2D eigenvalue weighted by molar-refractivity contribution is 7.22. The zero-order chi connectivity index (χ0) is 22.7. The maximum atomic E-state index is 13.7. The van der Waals surface area contributed by atoms with Gasteiger partial charge >= 0.3 is 0 Å². The average molecular weight is 492 g/mol. The van der Waals surface area contributed by atoms with Gasteiger partial charge in [-0.2, -0.15) is 0 Å². The number of carbonyl (C=O) groups excluding carboxylic acids is 1. The van der Waals surface area contributed by atoms with Crippen LogP contribution < -0.4 is 14.4 Å². The summed E-state index contributed by atoms with van der Waals surface area (Å²) in [6, 6.07) is 9.44. The van der Waals surface area contributed by atoms with Gasteiger partial charge in [-0.3, -0.25) is 14.6 Å². The molecule has 1 saturated heterocycles. The Morgan fingerprint density at radius 3 is 2.42 bits per heavy atom. The lowest BCUT2D eigenvalue weighted by atomic mass is 10.1. The fourth-order valence-electron chi connectivity index (χ4n) is 3.77. The standard InChI is InChI=1S/C24H29N3O4S.ClH/c1-16-5-6-21-22(17(16)2)25-24(32-21)27(8-7-26-9-11-31-12-10-26)23(28)18-13-19(29-3)15-20(14-18)30-4;/h5-6,13-15H,7-12H2,1-4H3;1H. The molecule has 0 spiro atoms. The number of fused-ring (bicyclic) bond motifs is 1. The number of rotatable bonds is 7. The van der Waals surface area contributed by atoms with Crippen LogP contribution in [0.3, 0.4) is 0 Å². The summed E-state index contributed by atoms with van der Waals surface area (Å²) >= 11 is 1.55. The van der Waals surface area contributed by atoms with Crippen LogP contribution in [0.1, 0.15) is 21.5 Å². The van der Waals surface area contributed by atoms with Crippen LogP contribution in [-0.2, 0) is 4.74 Å². The summed E-state index contributed by atoms with van der Waals surface area (Å²) in [5, 5.41) is 0.703. The number of hydrogen-bond donors (Lipinski definition) is 0. The molecule has 1 aliphatic heterocycles. The van der Waals surface area contributed by atoms with Crippen LogP contribution in [0.25, 0.3) is 10.2 Å². The van der Waals surface area contributed by atoms with Crippen LogP contribution in [0.2, 0.25) is 0 Å². The minimum Gasteiger partial charge on any atom is -0.497 e. The molecule has 0 bridgehead atoms. The molecule has 1 aliphatic rings. The first kappa shape index (κ1) is 25.2. The number of carbonyl (C=O) groups is 1. The van der Waals surface area contributed by atoms with E-state index in [-0.39, 0.29) is 18.3 Å². The molecule has 1 aromatic heterocycles. The molecule has 33 heavy (non-hydrogen) atoms. The maximum Gasteiger partial charge on any atom is 0.260 e. The molecular weight excluding hydrogens is 462 g/mol. The Balaban J connectivity index is 0.00000306. The Hall–Kier alpha value is -2.39. The smallest absolute Gasteiger partial charge is 0.260 e. The number of amides is 1. The van der Waals surface area contributed by atoms with Crippen molar-refractivity contribution in [3.05, 3.63) is 47.0 Å². The van der Waals surface area contributed by atoms with Gasteiger partial charge in [0.2, 0.25) is 0 Å². The van der Waals surface area contributed by atoms with Crippen LogP contribution in [0.15, 0.2) is 30.3 Å². The highest BCUT2D eigenvalue weighted by Crippen LogP contribution is 2.33. The third-order valence-electron chi connectivity index (χ3n) is 5.89. The van der Waals surface area contributed by atoms with Gasteiger partial charge in [-0.1, -0.05) is 17.4 Å². The highest BCUT2D eigenvalue weighted by Gasteiger charge is 2.24. The van der Waals surface area contributed by atoms with Crippen molar-refractivity contribution in [3.8, 4) is 11.5 Å². The summed E-state index contributed by atoms with van der Waals surface area (Å²) in [5.74, 6) is 1.04. The van der Waals surface area contributed by atoms with Crippen molar-refractivity contribution in [2.45, 2.75) is 13.8 Å². The molecule has 0 N–H and O–H groups in total. The number of nitrogens with zero attached hydrogens (tertiary/aromatic N) is 3. The normalized spacial score (nSPS) is 14.1. The molecule has 0 radical (unpaired) electrons. The lowest BCUT2D eigenvalue weighted by molar-refractivity contribution is 0.0391. The average Bonchev–Trinajstić information content (AvgIpc) is 3.26. The summed E-state index contributed by atoms with van der Waals surface area (Å²) in [7, 11) is 3.16. The number of ether oxygens (including phenoxy) is 3. The number of aromatic nitrogens is 1. The number of morpholine rings is 1. The summed E-state index contributed by atoms with van der Waals surface area (Å²) in [6.45, 7) is 8.63. The molecule has 0 saturated carbocycles. The Morgan fingerprint density at radius 2 is 1.79 bits per heavy atom. The van der Waals surface area contributed by atoms with Gasteiger partial charge in [0.25, 0.3) is 5.91 Å². The Kier molecular flexibility index (Phi) is 8.53. The van der Waals surface area contributed by atoms with Crippen molar-refractivity contribution >= 4 is 45.0 Å². The number of hydrogen-bond acceptors (Lipinski definition) is 7. The van der Waals surface area contributed by atoms with E-state index in [2.05, 4.69) is 30.9 Å². The van der Waals surface area contributed by atoms with Gasteiger partial charge in [0.05, 0.1) is 37.6 Å². The third-order valence-corrected chi connectivity index (χ3v) is 6.94. The van der Waals surface area contributed by atoms with E-state index in [1.54, 1.807) is 48.7 Å². The van der Waals surface area contributed by atoms with E-state index >= 15 is 0 Å². The minimum atomic E-state index is -0.121. The van der Waals surface area contributed by atoms with Crippen LogP contribution >= 0.6 is 23.7 Å². The summed E-state index contributed by atoms with van der Waals surface area (Å²) in [4.78, 5) is 22.7. The number of benzene rings is 2. The zero-order valence-corrected chi connectivity index (χ0v) is 21.1. The first-order valence-electron chi connectivity index (χ1n) is 10.7. The van der Waals surface area contributed by atoms with E-state index in [1.807, 2.05) is 0 Å². The van der Waals surface area contributed by atoms with Gasteiger partial charge in [-0.25, -0.2) is 4.98 Å². The number of halogens is 1. The Morgan fingerprint density at radius 1 is 1.12 bits per heavy atom. The second-order valence-electron chi connectivity index (χ2n) is 7.86. The van der Waals surface area contributed by atoms with E-state index in [9.17, 15) is 4.79 Å². The molecule has 2 aromatic carbocycles. The molecule has 7 nitrogen and oxygen atoms in total. The predicted molar refractivity (Wildman–Crippen MR) is 135 cm³/mol. The summed E-state index contributed by atoms with van der Waals surface area (Å²) in [6.07, 6.45) is 0. The molecule has 2 heterocycles. The number of methoxy groups -OCH3 is 2. The molecule has 1 amide bonds. The second-order valence-corrected chi connectivity index (χ2v) is 8.87. The lowest BCUT2D eigenvalue weighted by Crippen LogP contribution is -2.43. The van der Waals surface area contributed by atoms with Gasteiger partial charge in [0, 0.05) is 37.8 Å². The van der Waals surface area contributed by atoms with Crippen molar-refractivity contribution < 1.29 is 19.0 Å². The van der Waals surface area contributed by atoms with Crippen LogP contribution in [-0.4, -0.2) is 69.4 Å². The van der Waals surface area contributed by atoms with Gasteiger partial charge in [-0.15, -0.1) is 12.4 Å². The Labute approximate surface area is 204 Å². The van der Waals surface area contributed by atoms with E-state index in [0.29, 0.717) is 28.7 Å². The monoisotopic (exact) mass is 491 g/mol. The van der Waals surface area contributed by atoms with Gasteiger partial charge in [0.15, 0.2) is 5.13 Å². The van der Waals surface area contributed by atoms with Gasteiger partial charge < -0.3 is 14.2 Å². The predicted octanol–water partition coefficient (Wildman–Crippen LogP) is 4.33. The van der Waals surface area contributed by atoms with Gasteiger partial charge in [-0.05, 0) is 43.2 Å². The van der Waals surface area contributed by atoms with E-state index in [1.165, 1.54) is 5.56 Å². The van der Waals surface area contributed by atoms with E-state index < -0.39 is 0 Å². The fourth-order valence-corrected chi connectivity index (χ4v) is 4.82. The molecule has 9 heteroatoms. The minimum absolute atomic E-state index is 0. The van der Waals surface area contributed by atoms with Crippen LogP contribution in [0.5, 0.6) is 11.5 Å². The van der Waals surface area contributed by atoms with Crippen molar-refractivity contribution in [3.63, 3.8) is 0 Å². The molecule has 0 unspecified atom stereocenters. The van der Waals surface area contributed by atoms with Crippen molar-refractivity contribution in [2.24, 2.45) is 0 Å². The second kappa shape index (κ2) is 11.2. The quantitative estimate of drug-likeness (QED) is 0.490. The molecular formula is C24H30ClN3O4S. The van der Waals surface area contributed by atoms with Crippen molar-refractivity contribution in [1.82, 2.24) is 9.88 Å². The largest absolute Gasteiger partial charge is 0.497 e. The number of anilines is 1. The molecule has 4 rings (SSSR count). The molecule has 0 atom stereocenters. The van der Waals surface area contributed by atoms with Crippen molar-refractivity contribution in [1.29, 1.82) is 0 Å². The van der Waals surface area contributed by atoms with Crippen LogP contribution in [0.4, 0.5) is 5.13 Å². The molecule has 178 valence electrons. The number of thiazole rings is 1. The van der Waals surface area contributed by atoms with Crippen LogP contribution in [0, 0.1) is 13.8 Å². The Bertz CT molecular complexity index is 1090. The topological polar surface area (TPSA) is 64.1 Å². The first-order valence-corrected chi connectivity index (χ1v) is 11.5. The fraction of sp³-hybridized carbons (Fsp3) is 0.417. The van der Waals surface area contributed by atoms with Crippen molar-refractivity contribution in [2.75, 3.05) is 58.5 Å². The molecule has 0 aliphatic carbocycles.